The van der Waals surface area contributed by atoms with E-state index in [1.807, 2.05) is 43.3 Å². The molecule has 6 saturated heterocycles. The van der Waals surface area contributed by atoms with E-state index >= 15 is 0 Å². The van der Waals surface area contributed by atoms with Gasteiger partial charge in [0.05, 0.1) is 106 Å². The Morgan fingerprint density at radius 3 is 1.26 bits per heavy atom. The van der Waals surface area contributed by atoms with Crippen LogP contribution in [0.15, 0.2) is 54.6 Å². The number of fused-ring (bicyclic) bond motifs is 9. The van der Waals surface area contributed by atoms with Crippen molar-refractivity contribution in [1.29, 1.82) is 0 Å². The van der Waals surface area contributed by atoms with Gasteiger partial charge in [0.15, 0.2) is 0 Å². The minimum atomic E-state index is -4.14. The van der Waals surface area contributed by atoms with Crippen molar-refractivity contribution < 1.29 is 118 Å². The number of quaternary nitrogens is 2. The van der Waals surface area contributed by atoms with E-state index in [0.29, 0.717) is 115 Å². The van der Waals surface area contributed by atoms with E-state index < -0.39 is 118 Å². The van der Waals surface area contributed by atoms with E-state index in [1.165, 1.54) is 213 Å². The fourth-order valence-electron chi connectivity index (χ4n) is 21.0. The molecular weight excluding hydrogens is 1890 g/mol. The maximum atomic E-state index is 11.0. The molecule has 7 aliphatic carbocycles. The molecule has 2 aromatic carbocycles. The first-order valence-corrected chi connectivity index (χ1v) is 62.2. The van der Waals surface area contributed by atoms with Crippen LogP contribution in [-0.4, -0.2) is 283 Å². The number of rotatable bonds is 49. The SMILES string of the molecule is CC(CCNC1C2CC3CC(C2)CC1C3)S(=O)(=O)O.CC(CCNC1CC2CCC1C2)S(=O)(=O)O.CC(CCNC1CCCc2ccccc21)S(=O)(=O)O.CC(CCNCc1ccccc1)S(=O)(=O)[O-].CC(CC[N+]12CCC(CC1)CC2)S(=O)(=O)O.CCCC(CO)NCCC(C)S(=O)(=O)O.CCCCCCCCCNCCC(C)S(=O)(=O)O.O=S(=O)(O)CCC[N+]12CCC(CC1)CC2. The van der Waals surface area contributed by atoms with Gasteiger partial charge < -0.3 is 50.5 Å². The van der Waals surface area contributed by atoms with Gasteiger partial charge in [-0.15, -0.1) is 0 Å². The second kappa shape index (κ2) is 59.6. The molecule has 134 heavy (non-hydrogen) atoms. The number of piperidine rings is 6. The second-order valence-electron chi connectivity index (χ2n) is 40.8. The molecule has 0 spiro atoms. The standard InChI is InChI=1S/C14H25NO3S.C14H21NO3S.C13H29NO3S.2C11H21NO3S.C11H17NO3S.C10H19NO3S.C9H21NO4S/c1-9(19(16,17)18)2-3-15-14-12-5-10-4-11(7-12)8-13(14)6-10;1-11(19(16,17)18)9-10-15-14-8-4-6-12-5-2-3-7-13(12)14;1-3-4-5-6-7-8-9-11-14-12-10-13(2)18(15,16)17;1-10(16(13,14)15)2-6-12-7-3-11(4-8-12)5-9-12;1-8(16(13,14)15)4-5-12-11-7-9-2-3-10(11)6-9;1-10(16(13,14)15)7-8-12-9-11-5-3-2-4-6-11;12-15(13,14)9-1-5-11-6-2-10(3-7-11)4-8-11;1-3-4-9(7-11)10-6-5-8(2)15(12,13)14/h9-15H,2-8H2,1H3,(H,16,17,18);2-3,5,7,11,14-15H,4,6,8-10H2,1H3,(H,16,17,18);13-14H,3-12H2,1-2H3,(H,15,16,17);10-11H,2-9H2,1H3;8-12H,2-7H2,1H3,(H,13,14,15);2-6,10,12H,7-9H2,1H3,(H,13,14,15);10H,1-9H2;8-11H,3-7H2,1-2H3,(H,12,13,14)/p+1. The Kier molecular flexibility index (Phi) is 54.2. The van der Waals surface area contributed by atoms with Gasteiger partial charge in [-0.25, -0.2) is 8.42 Å². The number of aryl methyl sites for hydroxylation is 1. The number of hydrogen-bond acceptors (Lipinski definition) is 24. The highest BCUT2D eigenvalue weighted by atomic mass is 32.2. The van der Waals surface area contributed by atoms with E-state index in [0.717, 1.165) is 120 Å². The van der Waals surface area contributed by atoms with Crippen molar-refractivity contribution >= 4 is 80.9 Å². The Labute approximate surface area is 808 Å². The number of unbranched alkanes of at least 4 members (excludes halogenated alkanes) is 6. The molecule has 2 aromatic rings. The monoisotopic (exact) mass is 2060 g/mol. The maximum Gasteiger partial charge on any atom is 0.267 e. The summed E-state index contributed by atoms with van der Waals surface area (Å²) in [6.07, 6.45) is 38.0. The van der Waals surface area contributed by atoms with Crippen LogP contribution < -0.4 is 31.9 Å². The van der Waals surface area contributed by atoms with Crippen LogP contribution in [-0.2, 0) is 93.9 Å². The van der Waals surface area contributed by atoms with Crippen molar-refractivity contribution in [3.8, 4) is 0 Å². The summed E-state index contributed by atoms with van der Waals surface area (Å²) in [5.74, 6) is 7.08. The minimum Gasteiger partial charge on any atom is -0.748 e. The van der Waals surface area contributed by atoms with Crippen LogP contribution in [0.4, 0.5) is 0 Å². The van der Waals surface area contributed by atoms with Crippen LogP contribution in [0.2, 0.25) is 0 Å². The molecule has 6 aliphatic heterocycles. The van der Waals surface area contributed by atoms with Crippen molar-refractivity contribution in [3.05, 3.63) is 71.3 Å². The van der Waals surface area contributed by atoms with Crippen LogP contribution in [0, 0.1) is 47.3 Å². The Balaban J connectivity index is 0.000000271. The molecule has 0 amide bonds. The lowest BCUT2D eigenvalue weighted by Crippen LogP contribution is -2.59. The Bertz CT molecular complexity index is 4560. The molecule has 784 valence electrons. The van der Waals surface area contributed by atoms with Crippen LogP contribution in [0.1, 0.15) is 303 Å². The van der Waals surface area contributed by atoms with Crippen LogP contribution in [0.3, 0.4) is 0 Å². The lowest BCUT2D eigenvalue weighted by Gasteiger charge is -2.54. The number of aliphatic hydroxyl groups excluding tert-OH is 1. The van der Waals surface area contributed by atoms with Gasteiger partial charge in [0, 0.05) is 48.8 Å². The molecule has 12 unspecified atom stereocenters. The number of nitrogens with one attached hydrogen (secondary N) is 6. The van der Waals surface area contributed by atoms with Crippen molar-refractivity contribution in [2.24, 2.45) is 47.3 Å². The van der Waals surface area contributed by atoms with Gasteiger partial charge >= 0.3 is 0 Å². The fourth-order valence-corrected chi connectivity index (χ4v) is 24.4. The van der Waals surface area contributed by atoms with Crippen LogP contribution in [0.25, 0.3) is 0 Å². The summed E-state index contributed by atoms with van der Waals surface area (Å²) in [5.41, 5.74) is 3.85. The molecular formula is C93H175N8O25S8+. The summed E-state index contributed by atoms with van der Waals surface area (Å²) < 4.78 is 247. The van der Waals surface area contributed by atoms with Crippen LogP contribution in [0.5, 0.6) is 0 Å². The predicted octanol–water partition coefficient (Wildman–Crippen LogP) is 12.5. The quantitative estimate of drug-likeness (QED) is 0.0166. The zero-order chi connectivity index (χ0) is 99.8. The highest BCUT2D eigenvalue weighted by Crippen LogP contribution is 2.54. The lowest BCUT2D eigenvalue weighted by atomic mass is 9.54. The number of nitrogens with zero attached hydrogens (tertiary/aromatic N) is 2. The molecule has 0 radical (unpaired) electrons. The second-order valence-corrected chi connectivity index (χ2v) is 55.1. The van der Waals surface area contributed by atoms with Gasteiger partial charge in [-0.3, -0.25) is 31.9 Å². The average molecular weight is 2060 g/mol. The van der Waals surface area contributed by atoms with Crippen molar-refractivity contribution in [2.45, 2.75) is 355 Å². The van der Waals surface area contributed by atoms with Crippen molar-refractivity contribution in [2.75, 3.05) is 111 Å². The van der Waals surface area contributed by atoms with E-state index in [1.54, 1.807) is 20.8 Å². The Morgan fingerprint density at radius 1 is 0.381 bits per heavy atom. The van der Waals surface area contributed by atoms with Crippen LogP contribution >= 0.6 is 0 Å². The van der Waals surface area contributed by atoms with E-state index in [-0.39, 0.29) is 18.4 Å². The molecule has 41 heteroatoms. The molecule has 6 heterocycles. The topological polar surface area (TPSA) is 530 Å². The summed E-state index contributed by atoms with van der Waals surface area (Å²) in [7, 11) is -31.1. The number of hydrogen-bond donors (Lipinski definition) is 14. The molecule has 10 bridgehead atoms. The van der Waals surface area contributed by atoms with Gasteiger partial charge in [-0.2, -0.15) is 58.9 Å². The summed E-state index contributed by atoms with van der Waals surface area (Å²) in [6.45, 7) is 29.4. The highest BCUT2D eigenvalue weighted by Gasteiger charge is 2.49. The van der Waals surface area contributed by atoms with E-state index in [4.69, 9.17) is 37.0 Å². The average Bonchev–Trinajstić information content (AvgIpc) is 0.896. The van der Waals surface area contributed by atoms with Gasteiger partial charge in [0.2, 0.25) is 0 Å². The zero-order valence-electron chi connectivity index (χ0n) is 81.8. The normalized spacial score (nSPS) is 26.8. The van der Waals surface area contributed by atoms with Crippen molar-refractivity contribution in [3.63, 3.8) is 0 Å². The van der Waals surface area contributed by atoms with Crippen molar-refractivity contribution in [1.82, 2.24) is 31.9 Å². The van der Waals surface area contributed by atoms with E-state index in [2.05, 4.69) is 57.0 Å². The maximum absolute atomic E-state index is 11.0. The summed E-state index contributed by atoms with van der Waals surface area (Å²) in [5, 5.41) is 23.9. The van der Waals surface area contributed by atoms with Gasteiger partial charge in [-0.1, -0.05) is 120 Å². The smallest absolute Gasteiger partial charge is 0.267 e. The Morgan fingerprint density at radius 2 is 0.806 bits per heavy atom. The summed E-state index contributed by atoms with van der Waals surface area (Å²) in [6, 6.07) is 19.7. The van der Waals surface area contributed by atoms with E-state index in [9.17, 15) is 71.9 Å². The molecule has 14 N–H and O–H groups in total. The van der Waals surface area contributed by atoms with Gasteiger partial charge in [-0.05, 0) is 319 Å². The third-order valence-corrected chi connectivity index (χ3v) is 39.8. The molecule has 12 atom stereocenters. The lowest BCUT2D eigenvalue weighted by molar-refractivity contribution is -0.942. The fraction of sp³-hybridized carbons (Fsp3) is 0.871. The van der Waals surface area contributed by atoms with Gasteiger partial charge in [0.25, 0.3) is 70.8 Å². The molecule has 12 fully saturated rings. The zero-order valence-corrected chi connectivity index (χ0v) is 88.4. The first-order chi connectivity index (χ1) is 62.7. The minimum absolute atomic E-state index is 0.0172. The summed E-state index contributed by atoms with van der Waals surface area (Å²) in [4.78, 5) is 0. The third-order valence-electron chi connectivity index (χ3n) is 30.2. The molecule has 15 rings (SSSR count). The molecule has 13 aliphatic rings. The molecule has 0 aromatic heterocycles. The largest absolute Gasteiger partial charge is 0.748 e. The molecule has 33 nitrogen and oxygen atoms in total. The van der Waals surface area contributed by atoms with Gasteiger partial charge in [0.1, 0.15) is 0 Å². The number of benzene rings is 2. The first-order valence-electron chi connectivity index (χ1n) is 50.1. The molecule has 6 saturated carbocycles. The first kappa shape index (κ1) is 122. The highest BCUT2D eigenvalue weighted by molar-refractivity contribution is 7.88. The third kappa shape index (κ3) is 47.7. The summed E-state index contributed by atoms with van der Waals surface area (Å²) >= 11 is 0. The predicted molar refractivity (Wildman–Crippen MR) is 532 cm³/mol. The Hall–Kier alpha value is -2.64. The number of aliphatic hydroxyl groups is 1.